The van der Waals surface area contributed by atoms with Gasteiger partial charge >= 0.3 is 5.97 Å². The number of unbranched alkanes of at least 4 members (excludes halogenated alkanes) is 3. The van der Waals surface area contributed by atoms with Crippen molar-refractivity contribution in [1.82, 2.24) is 0 Å². The maximum absolute atomic E-state index is 11.0. The van der Waals surface area contributed by atoms with Crippen molar-refractivity contribution in [3.8, 4) is 11.8 Å². The van der Waals surface area contributed by atoms with Crippen LogP contribution in [0.4, 0.5) is 0 Å². The van der Waals surface area contributed by atoms with E-state index in [0.717, 1.165) is 32.1 Å². The van der Waals surface area contributed by atoms with Crippen LogP contribution in [0.5, 0.6) is 0 Å². The Kier molecular flexibility index (Phi) is 9.71. The first-order chi connectivity index (χ1) is 10.1. The summed E-state index contributed by atoms with van der Waals surface area (Å²) in [6, 6.07) is 0. The van der Waals surface area contributed by atoms with E-state index in [1.807, 2.05) is 0 Å². The minimum absolute atomic E-state index is 0.268. The van der Waals surface area contributed by atoms with Crippen LogP contribution in [0.15, 0.2) is 0 Å². The van der Waals surface area contributed by atoms with E-state index in [1.54, 1.807) is 6.92 Å². The van der Waals surface area contributed by atoms with E-state index < -0.39 is 14.3 Å². The molecular weight excluding hydrogens is 292 g/mol. The second-order valence-corrected chi connectivity index (χ2v) is 12.1. The Balaban J connectivity index is 3.82. The van der Waals surface area contributed by atoms with Crippen LogP contribution in [0.1, 0.15) is 66.7 Å². The zero-order valence-corrected chi connectivity index (χ0v) is 16.5. The number of hydrogen-bond acceptors (Lipinski definition) is 3. The standard InChI is InChI=1S/C18H34O3Si/c1-8-20-17(19)15-13-11-9-10-12-14-16(2)21-22(6,7)18(3,4)5/h16H,8-12,14H2,1-7H3/t16-/m1/s1. The summed E-state index contributed by atoms with van der Waals surface area (Å²) in [6.45, 7) is 15.8. The lowest BCUT2D eigenvalue weighted by atomic mass is 10.1. The number of ether oxygens (including phenoxy) is 1. The zero-order valence-electron chi connectivity index (χ0n) is 15.5. The number of rotatable bonds is 8. The zero-order chi connectivity index (χ0) is 17.2. The number of hydrogen-bond donors (Lipinski definition) is 0. The van der Waals surface area contributed by atoms with Gasteiger partial charge in [0.2, 0.25) is 0 Å². The molecule has 0 unspecified atom stereocenters. The topological polar surface area (TPSA) is 35.5 Å². The van der Waals surface area contributed by atoms with Gasteiger partial charge in [0.15, 0.2) is 8.32 Å². The average molecular weight is 327 g/mol. The van der Waals surface area contributed by atoms with Gasteiger partial charge in [-0.15, -0.1) is 0 Å². The van der Waals surface area contributed by atoms with Crippen LogP contribution in [0.3, 0.4) is 0 Å². The fourth-order valence-corrected chi connectivity index (χ4v) is 3.34. The van der Waals surface area contributed by atoms with Crippen LogP contribution >= 0.6 is 0 Å². The maximum Gasteiger partial charge on any atom is 0.384 e. The highest BCUT2D eigenvalue weighted by molar-refractivity contribution is 6.74. The molecule has 128 valence electrons. The van der Waals surface area contributed by atoms with Gasteiger partial charge in [-0.2, -0.15) is 0 Å². The Hall–Kier alpha value is -0.793. The predicted octanol–water partition coefficient (Wildman–Crippen LogP) is 4.91. The summed E-state index contributed by atoms with van der Waals surface area (Å²) in [5.41, 5.74) is 0. The van der Waals surface area contributed by atoms with E-state index >= 15 is 0 Å². The van der Waals surface area contributed by atoms with Gasteiger partial charge in [-0.3, -0.25) is 0 Å². The molecule has 0 aliphatic rings. The van der Waals surface area contributed by atoms with Crippen molar-refractivity contribution in [2.75, 3.05) is 6.61 Å². The van der Waals surface area contributed by atoms with Crippen molar-refractivity contribution in [3.63, 3.8) is 0 Å². The van der Waals surface area contributed by atoms with Crippen molar-refractivity contribution < 1.29 is 14.0 Å². The van der Waals surface area contributed by atoms with Gasteiger partial charge in [-0.1, -0.05) is 39.5 Å². The van der Waals surface area contributed by atoms with Crippen molar-refractivity contribution in [2.45, 2.75) is 91.0 Å². The quantitative estimate of drug-likeness (QED) is 0.209. The highest BCUT2D eigenvalue weighted by Crippen LogP contribution is 2.37. The van der Waals surface area contributed by atoms with Gasteiger partial charge in [0.05, 0.1) is 6.61 Å². The summed E-state index contributed by atoms with van der Waals surface area (Å²) in [4.78, 5) is 11.0. The summed E-state index contributed by atoms with van der Waals surface area (Å²) in [7, 11) is -1.64. The van der Waals surface area contributed by atoms with E-state index in [2.05, 4.69) is 52.6 Å². The smallest absolute Gasteiger partial charge is 0.384 e. The van der Waals surface area contributed by atoms with Crippen LogP contribution in [0.2, 0.25) is 18.1 Å². The predicted molar refractivity (Wildman–Crippen MR) is 95.2 cm³/mol. The van der Waals surface area contributed by atoms with Gasteiger partial charge < -0.3 is 9.16 Å². The molecule has 4 heteroatoms. The average Bonchev–Trinajstić information content (AvgIpc) is 2.36. The van der Waals surface area contributed by atoms with Crippen molar-refractivity contribution in [2.24, 2.45) is 0 Å². The van der Waals surface area contributed by atoms with Crippen LogP contribution < -0.4 is 0 Å². The molecule has 0 aromatic rings. The lowest BCUT2D eigenvalue weighted by molar-refractivity contribution is -0.136. The molecule has 0 spiro atoms. The van der Waals surface area contributed by atoms with Gasteiger partial charge in [-0.05, 0) is 44.8 Å². The van der Waals surface area contributed by atoms with E-state index in [0.29, 0.717) is 12.7 Å². The molecule has 0 saturated heterocycles. The summed E-state index contributed by atoms with van der Waals surface area (Å²) in [5, 5.41) is 0.268. The van der Waals surface area contributed by atoms with E-state index in [-0.39, 0.29) is 5.04 Å². The van der Waals surface area contributed by atoms with Crippen molar-refractivity contribution in [1.29, 1.82) is 0 Å². The molecule has 0 bridgehead atoms. The molecule has 0 rings (SSSR count). The summed E-state index contributed by atoms with van der Waals surface area (Å²) in [5.74, 6) is 4.95. The maximum atomic E-state index is 11.0. The molecule has 0 amide bonds. The van der Waals surface area contributed by atoms with Crippen LogP contribution in [0.25, 0.3) is 0 Å². The van der Waals surface area contributed by atoms with Gasteiger partial charge in [0, 0.05) is 18.4 Å². The summed E-state index contributed by atoms with van der Waals surface area (Å²) >= 11 is 0. The molecule has 0 N–H and O–H groups in total. The van der Waals surface area contributed by atoms with Crippen LogP contribution in [-0.4, -0.2) is 27.0 Å². The van der Waals surface area contributed by atoms with E-state index in [4.69, 9.17) is 9.16 Å². The first-order valence-electron chi connectivity index (χ1n) is 8.43. The SMILES string of the molecule is CCOC(=O)C#CCCCCC[C@@H](C)O[Si](C)(C)C(C)(C)C. The monoisotopic (exact) mass is 326 g/mol. The third kappa shape index (κ3) is 9.27. The summed E-state index contributed by atoms with van der Waals surface area (Å²) in [6.07, 6.45) is 5.49. The molecular formula is C18H34O3Si. The molecule has 22 heavy (non-hydrogen) atoms. The lowest BCUT2D eigenvalue weighted by Gasteiger charge is -2.38. The van der Waals surface area contributed by atoms with Crippen molar-refractivity contribution in [3.05, 3.63) is 0 Å². The van der Waals surface area contributed by atoms with Gasteiger partial charge in [-0.25, -0.2) is 4.79 Å². The third-order valence-corrected chi connectivity index (χ3v) is 8.78. The molecule has 0 aromatic carbocycles. The Morgan fingerprint density at radius 1 is 1.18 bits per heavy atom. The highest BCUT2D eigenvalue weighted by Gasteiger charge is 2.38. The second-order valence-electron chi connectivity index (χ2n) is 7.31. The van der Waals surface area contributed by atoms with E-state index in [9.17, 15) is 4.79 Å². The Labute approximate surface area is 138 Å². The van der Waals surface area contributed by atoms with Crippen molar-refractivity contribution >= 4 is 14.3 Å². The molecule has 0 aliphatic heterocycles. The normalized spacial score (nSPS) is 13.2. The minimum atomic E-state index is -1.64. The molecule has 0 heterocycles. The van der Waals surface area contributed by atoms with Gasteiger partial charge in [0.1, 0.15) is 0 Å². The molecule has 3 nitrogen and oxygen atoms in total. The number of carbonyl (C=O) groups is 1. The fourth-order valence-electron chi connectivity index (χ4n) is 1.86. The first-order valence-corrected chi connectivity index (χ1v) is 11.3. The molecule has 0 aromatic heterocycles. The Morgan fingerprint density at radius 3 is 2.36 bits per heavy atom. The fraction of sp³-hybridized carbons (Fsp3) is 0.833. The van der Waals surface area contributed by atoms with E-state index in [1.165, 1.54) is 0 Å². The van der Waals surface area contributed by atoms with Gasteiger partial charge in [0.25, 0.3) is 0 Å². The molecule has 1 atom stereocenters. The largest absolute Gasteiger partial charge is 0.456 e. The molecule has 0 aliphatic carbocycles. The molecule has 0 saturated carbocycles. The Bertz CT molecular complexity index is 385. The minimum Gasteiger partial charge on any atom is -0.456 e. The lowest BCUT2D eigenvalue weighted by Crippen LogP contribution is -2.43. The van der Waals surface area contributed by atoms with Crippen LogP contribution in [-0.2, 0) is 14.0 Å². The molecule has 0 radical (unpaired) electrons. The number of esters is 1. The van der Waals surface area contributed by atoms with Crippen LogP contribution in [0, 0.1) is 11.8 Å². The Morgan fingerprint density at radius 2 is 1.82 bits per heavy atom. The summed E-state index contributed by atoms with van der Waals surface area (Å²) < 4.78 is 11.1. The first kappa shape index (κ1) is 21.2. The second kappa shape index (κ2) is 10.1. The highest BCUT2D eigenvalue weighted by atomic mass is 28.4. The third-order valence-electron chi connectivity index (χ3n) is 4.18. The number of carbonyl (C=O) groups excluding carboxylic acids is 1. The molecule has 0 fully saturated rings.